The molecule has 1 saturated heterocycles. The Hall–Kier alpha value is -2.18. The lowest BCUT2D eigenvalue weighted by molar-refractivity contribution is 0.0988. The molecule has 1 aliphatic rings. The van der Waals surface area contributed by atoms with E-state index in [1.807, 2.05) is 38.1 Å². The second-order valence-electron chi connectivity index (χ2n) is 7.45. The zero-order valence-corrected chi connectivity index (χ0v) is 17.6. The summed E-state index contributed by atoms with van der Waals surface area (Å²) in [7, 11) is -3.50. The van der Waals surface area contributed by atoms with Crippen LogP contribution >= 0.6 is 0 Å². The van der Waals surface area contributed by atoms with Crippen molar-refractivity contribution in [2.24, 2.45) is 5.92 Å². The fourth-order valence-corrected chi connectivity index (χ4v) is 5.06. The van der Waals surface area contributed by atoms with Crippen LogP contribution < -0.4 is 4.90 Å². The van der Waals surface area contributed by atoms with E-state index in [0.29, 0.717) is 31.1 Å². The Kier molecular flexibility index (Phi) is 6.20. The van der Waals surface area contributed by atoms with Crippen LogP contribution in [0.4, 0.5) is 5.69 Å². The average molecular weight is 401 g/mol. The molecule has 2 aromatic rings. The highest BCUT2D eigenvalue weighted by atomic mass is 32.2. The number of hydrogen-bond acceptors (Lipinski definition) is 3. The predicted octanol–water partition coefficient (Wildman–Crippen LogP) is 4.08. The Labute approximate surface area is 168 Å². The van der Waals surface area contributed by atoms with Crippen LogP contribution in [0, 0.1) is 12.8 Å². The normalized spacial score (nSPS) is 16.1. The number of anilines is 1. The molecule has 0 bridgehead atoms. The summed E-state index contributed by atoms with van der Waals surface area (Å²) in [5.41, 5.74) is 2.38. The molecule has 3 rings (SSSR count). The molecule has 0 unspecified atom stereocenters. The number of aryl methyl sites for hydroxylation is 1. The molecule has 0 N–H and O–H groups in total. The first kappa shape index (κ1) is 20.6. The minimum Gasteiger partial charge on any atom is -0.308 e. The molecular weight excluding hydrogens is 372 g/mol. The van der Waals surface area contributed by atoms with Crippen molar-refractivity contribution in [3.63, 3.8) is 0 Å². The zero-order chi connectivity index (χ0) is 20.3. The van der Waals surface area contributed by atoms with Crippen molar-refractivity contribution in [3.8, 4) is 0 Å². The quantitative estimate of drug-likeness (QED) is 0.760. The van der Waals surface area contributed by atoms with E-state index in [4.69, 9.17) is 0 Å². The lowest BCUT2D eigenvalue weighted by Gasteiger charge is -2.29. The molecule has 5 nitrogen and oxygen atoms in total. The van der Waals surface area contributed by atoms with E-state index < -0.39 is 10.0 Å². The highest BCUT2D eigenvalue weighted by molar-refractivity contribution is 7.89. The minimum atomic E-state index is -3.50. The lowest BCUT2D eigenvalue weighted by atomic mass is 10.0. The van der Waals surface area contributed by atoms with Gasteiger partial charge in [0.15, 0.2) is 0 Å². The Morgan fingerprint density at radius 1 is 1.07 bits per heavy atom. The van der Waals surface area contributed by atoms with Gasteiger partial charge in [0.05, 0.1) is 4.90 Å². The molecule has 0 aromatic heterocycles. The fourth-order valence-electron chi connectivity index (χ4n) is 3.59. The second kappa shape index (κ2) is 8.45. The van der Waals surface area contributed by atoms with Gasteiger partial charge in [-0.3, -0.25) is 4.79 Å². The third-order valence-corrected chi connectivity index (χ3v) is 7.36. The van der Waals surface area contributed by atoms with Crippen LogP contribution in [0.25, 0.3) is 0 Å². The summed E-state index contributed by atoms with van der Waals surface area (Å²) in [6, 6.07) is 14.1. The first-order valence-corrected chi connectivity index (χ1v) is 11.3. The number of benzene rings is 2. The van der Waals surface area contributed by atoms with E-state index in [-0.39, 0.29) is 10.8 Å². The summed E-state index contributed by atoms with van der Waals surface area (Å²) >= 11 is 0. The predicted molar refractivity (Wildman–Crippen MR) is 112 cm³/mol. The molecular formula is C22H28N2O3S. The number of sulfonamides is 1. The van der Waals surface area contributed by atoms with Crippen LogP contribution in [0.3, 0.4) is 0 Å². The van der Waals surface area contributed by atoms with Crippen LogP contribution in [-0.2, 0) is 10.0 Å². The van der Waals surface area contributed by atoms with Crippen molar-refractivity contribution >= 4 is 21.6 Å². The van der Waals surface area contributed by atoms with Crippen molar-refractivity contribution in [2.45, 2.75) is 38.5 Å². The number of rotatable bonds is 5. The zero-order valence-electron chi connectivity index (χ0n) is 16.8. The van der Waals surface area contributed by atoms with Crippen molar-refractivity contribution in [3.05, 3.63) is 59.7 Å². The molecule has 6 heteroatoms. The SMILES string of the molecule is CCN(C(=O)c1ccc(S(=O)(=O)N2CCC(C)CC2)cc1)c1ccccc1C. The number of carbonyl (C=O) groups is 1. The van der Waals surface area contributed by atoms with E-state index in [9.17, 15) is 13.2 Å². The van der Waals surface area contributed by atoms with Crippen molar-refractivity contribution in [2.75, 3.05) is 24.5 Å². The molecule has 1 fully saturated rings. The van der Waals surface area contributed by atoms with Gasteiger partial charge >= 0.3 is 0 Å². The molecule has 0 atom stereocenters. The van der Waals surface area contributed by atoms with Gasteiger partial charge in [-0.15, -0.1) is 0 Å². The number of piperidine rings is 1. The average Bonchev–Trinajstić information content (AvgIpc) is 2.70. The second-order valence-corrected chi connectivity index (χ2v) is 9.38. The van der Waals surface area contributed by atoms with Crippen molar-refractivity contribution in [1.29, 1.82) is 0 Å². The summed E-state index contributed by atoms with van der Waals surface area (Å²) in [5, 5.41) is 0. The largest absolute Gasteiger partial charge is 0.308 e. The number of hydrogen-bond donors (Lipinski definition) is 0. The topological polar surface area (TPSA) is 57.7 Å². The van der Waals surface area contributed by atoms with Gasteiger partial charge in [0, 0.05) is 30.9 Å². The van der Waals surface area contributed by atoms with Gasteiger partial charge in [0.1, 0.15) is 0 Å². The number of amides is 1. The van der Waals surface area contributed by atoms with E-state index >= 15 is 0 Å². The molecule has 0 saturated carbocycles. The van der Waals surface area contributed by atoms with Gasteiger partial charge in [-0.25, -0.2) is 8.42 Å². The van der Waals surface area contributed by atoms with E-state index in [2.05, 4.69) is 6.92 Å². The Morgan fingerprint density at radius 2 is 1.68 bits per heavy atom. The molecule has 2 aromatic carbocycles. The molecule has 0 aliphatic carbocycles. The first-order valence-electron chi connectivity index (χ1n) is 9.82. The molecule has 28 heavy (non-hydrogen) atoms. The molecule has 1 aliphatic heterocycles. The Bertz CT molecular complexity index is 931. The van der Waals surface area contributed by atoms with Crippen LogP contribution in [0.5, 0.6) is 0 Å². The third-order valence-electron chi connectivity index (χ3n) is 5.45. The van der Waals surface area contributed by atoms with Crippen LogP contribution in [0.1, 0.15) is 42.6 Å². The molecule has 150 valence electrons. The number of nitrogens with zero attached hydrogens (tertiary/aromatic N) is 2. The number of carbonyl (C=O) groups excluding carboxylic acids is 1. The Balaban J connectivity index is 1.82. The third kappa shape index (κ3) is 4.13. The monoisotopic (exact) mass is 400 g/mol. The summed E-state index contributed by atoms with van der Waals surface area (Å²) < 4.78 is 27.3. The van der Waals surface area contributed by atoms with E-state index in [0.717, 1.165) is 24.1 Å². The summed E-state index contributed by atoms with van der Waals surface area (Å²) in [6.07, 6.45) is 1.77. The summed E-state index contributed by atoms with van der Waals surface area (Å²) in [4.78, 5) is 15.0. The van der Waals surface area contributed by atoms with Gasteiger partial charge in [-0.1, -0.05) is 25.1 Å². The Morgan fingerprint density at radius 3 is 2.25 bits per heavy atom. The highest BCUT2D eigenvalue weighted by Crippen LogP contribution is 2.25. The van der Waals surface area contributed by atoms with E-state index in [1.165, 1.54) is 0 Å². The highest BCUT2D eigenvalue weighted by Gasteiger charge is 2.28. The smallest absolute Gasteiger partial charge is 0.258 e. The fraction of sp³-hybridized carbons (Fsp3) is 0.409. The first-order chi connectivity index (χ1) is 13.3. The molecule has 0 radical (unpaired) electrons. The standard InChI is InChI=1S/C22H28N2O3S/c1-4-24(21-8-6-5-7-18(21)3)22(25)19-9-11-20(12-10-19)28(26,27)23-15-13-17(2)14-16-23/h5-12,17H,4,13-16H2,1-3H3. The van der Waals surface area contributed by atoms with E-state index in [1.54, 1.807) is 33.5 Å². The van der Waals surface area contributed by atoms with Crippen LogP contribution in [0.2, 0.25) is 0 Å². The van der Waals surface area contributed by atoms with Gasteiger partial charge in [-0.05, 0) is 68.5 Å². The van der Waals surface area contributed by atoms with Gasteiger partial charge in [0.25, 0.3) is 5.91 Å². The van der Waals surface area contributed by atoms with Gasteiger partial charge in [-0.2, -0.15) is 4.31 Å². The number of para-hydroxylation sites is 1. The van der Waals surface area contributed by atoms with Crippen molar-refractivity contribution in [1.82, 2.24) is 4.31 Å². The van der Waals surface area contributed by atoms with Gasteiger partial charge in [0.2, 0.25) is 10.0 Å². The maximum atomic E-state index is 13.0. The lowest BCUT2D eigenvalue weighted by Crippen LogP contribution is -2.37. The molecule has 0 spiro atoms. The summed E-state index contributed by atoms with van der Waals surface area (Å²) in [6.45, 7) is 7.71. The maximum Gasteiger partial charge on any atom is 0.258 e. The minimum absolute atomic E-state index is 0.132. The van der Waals surface area contributed by atoms with Crippen LogP contribution in [0.15, 0.2) is 53.4 Å². The van der Waals surface area contributed by atoms with Crippen molar-refractivity contribution < 1.29 is 13.2 Å². The maximum absolute atomic E-state index is 13.0. The van der Waals surface area contributed by atoms with Crippen LogP contribution in [-0.4, -0.2) is 38.3 Å². The summed E-state index contributed by atoms with van der Waals surface area (Å²) in [5.74, 6) is 0.431. The van der Waals surface area contributed by atoms with Gasteiger partial charge < -0.3 is 4.90 Å². The molecule has 1 heterocycles. The molecule has 1 amide bonds.